The van der Waals surface area contributed by atoms with Crippen LogP contribution in [0.4, 0.5) is 13.2 Å². The molecule has 18 atom stereocenters. The average molecular weight is 1830 g/mol. The van der Waals surface area contributed by atoms with Crippen LogP contribution in [0.25, 0.3) is 0 Å². The highest BCUT2D eigenvalue weighted by atomic mass is 127. The van der Waals surface area contributed by atoms with E-state index in [9.17, 15) is 26.4 Å². The number of rotatable bonds is 39. The number of halogens is 4. The Labute approximate surface area is 701 Å². The maximum Gasteiger partial charge on any atom is 0.534 e. The molecule has 5 aliphatic rings. The molecule has 5 fully saturated rings. The predicted molar refractivity (Wildman–Crippen MR) is 470 cm³/mol. The Balaban J connectivity index is 1.38. The number of alkyl halides is 4. The SMILES string of the molecule is C=C(OS(=O)(=O)C(F)(F)F)[C@H](C)C[C@H]1CC[C@@H]2O[C@@H](CCC(C=C[C@H](O[Si](C)(C)C(C)(C)C)[C@@H]3O[C@H]4CC[C@H](CC(=O)C[C@@H]5[C@@H](OC)[C@@H](C[C@@H](CO[Si](C)(C)C(C)(C)C)O[Si](C)(C)C(C)(C)C)O[C@H]5CCO[Si](CC)(CC)CC)O[C@@H]4[C@H](O[Si](C)(C)C(C)(C)C)[C@@H]3O[Si](C)(C)C(C)(C)C)OC(=O)c3ccccc3)C[C@]2(CI)O1. The first-order chi connectivity index (χ1) is 51.6. The van der Waals surface area contributed by atoms with E-state index in [1.165, 1.54) is 0 Å². The molecule has 1 aromatic rings. The lowest BCUT2D eigenvalue weighted by atomic mass is 9.85. The monoisotopic (exact) mass is 1830 g/mol. The highest BCUT2D eigenvalue weighted by Crippen LogP contribution is 2.51. The number of ether oxygens (including phenoxy) is 7. The Hall–Kier alpha value is -1.07. The third-order valence-electron chi connectivity index (χ3n) is 27.7. The summed E-state index contributed by atoms with van der Waals surface area (Å²) < 4.78 is 163. The molecule has 0 amide bonds. The normalized spacial score (nSPS) is 28.2. The zero-order chi connectivity index (χ0) is 85.7. The quantitative estimate of drug-likeness (QED) is 0.00880. The number of allylic oxidation sites excluding steroid dienone is 1. The van der Waals surface area contributed by atoms with E-state index in [1.807, 2.05) is 18.2 Å². The Kier molecular flexibility index (Phi) is 34.9. The predicted octanol–water partition coefficient (Wildman–Crippen LogP) is 21.9. The number of ketones is 1. The summed E-state index contributed by atoms with van der Waals surface area (Å²) in [6, 6.07) is 12.0. The van der Waals surface area contributed by atoms with Crippen LogP contribution in [0, 0.1) is 11.8 Å². The number of methoxy groups -OCH3 is 1. The molecule has 1 aromatic carbocycles. The second-order valence-electron chi connectivity index (χ2n) is 41.0. The van der Waals surface area contributed by atoms with Crippen LogP contribution in [0.3, 0.4) is 0 Å². The van der Waals surface area contributed by atoms with Gasteiger partial charge in [-0.15, -0.1) is 0 Å². The lowest BCUT2D eigenvalue weighted by Crippen LogP contribution is -2.69. The minimum absolute atomic E-state index is 0.00168. The van der Waals surface area contributed by atoms with Crippen LogP contribution in [0.15, 0.2) is 54.8 Å². The van der Waals surface area contributed by atoms with Gasteiger partial charge in [-0.25, -0.2) is 4.79 Å². The average Bonchev–Trinajstić information content (AvgIpc) is 0.961. The topological polar surface area (TPSA) is 197 Å². The summed E-state index contributed by atoms with van der Waals surface area (Å²) in [6.07, 6.45) is 1.52. The lowest BCUT2D eigenvalue weighted by molar-refractivity contribution is -0.266. The molecular formula is C84H152F3IO18SSi6. The van der Waals surface area contributed by atoms with Gasteiger partial charge in [0.15, 0.2) is 49.9 Å². The van der Waals surface area contributed by atoms with E-state index in [0.717, 1.165) is 18.1 Å². The van der Waals surface area contributed by atoms with E-state index >= 15 is 4.79 Å². The summed E-state index contributed by atoms with van der Waals surface area (Å²) in [5.74, 6) is -1.98. The van der Waals surface area contributed by atoms with Crippen molar-refractivity contribution in [3.63, 3.8) is 0 Å². The lowest BCUT2D eigenvalue weighted by Gasteiger charge is -2.56. The Morgan fingerprint density at radius 1 is 0.637 bits per heavy atom. The van der Waals surface area contributed by atoms with Gasteiger partial charge in [0.25, 0.3) is 0 Å². The maximum atomic E-state index is 15.5. The molecule has 0 spiro atoms. The number of hydrogen-bond donors (Lipinski definition) is 0. The number of carbonyl (C=O) groups is 2. The molecule has 0 radical (unpaired) electrons. The minimum atomic E-state index is -5.89. The van der Waals surface area contributed by atoms with Crippen molar-refractivity contribution in [1.82, 2.24) is 0 Å². The molecule has 113 heavy (non-hydrogen) atoms. The van der Waals surface area contributed by atoms with Crippen LogP contribution < -0.4 is 0 Å². The van der Waals surface area contributed by atoms with E-state index in [2.05, 4.69) is 223 Å². The van der Waals surface area contributed by atoms with Crippen LogP contribution >= 0.6 is 22.6 Å². The van der Waals surface area contributed by atoms with Crippen LogP contribution in [-0.2, 0) is 78.8 Å². The maximum absolute atomic E-state index is 15.5. The highest BCUT2D eigenvalue weighted by molar-refractivity contribution is 14.1. The fourth-order valence-corrected chi connectivity index (χ4v) is 25.3. The molecule has 6 rings (SSSR count). The number of carbonyl (C=O) groups excluding carboxylic acids is 2. The summed E-state index contributed by atoms with van der Waals surface area (Å²) in [5.41, 5.74) is -5.96. The summed E-state index contributed by atoms with van der Waals surface area (Å²) in [6.45, 7) is 69.2. The molecule has 0 saturated carbocycles. The van der Waals surface area contributed by atoms with Gasteiger partial charge >= 0.3 is 21.6 Å². The molecule has 0 bridgehead atoms. The van der Waals surface area contributed by atoms with Crippen molar-refractivity contribution < 1.29 is 95.1 Å². The Bertz CT molecular complexity index is 3360. The first-order valence-electron chi connectivity index (χ1n) is 42.1. The van der Waals surface area contributed by atoms with Crippen molar-refractivity contribution in [3.05, 3.63) is 60.4 Å². The van der Waals surface area contributed by atoms with Crippen LogP contribution in [-0.4, -0.2) is 197 Å². The van der Waals surface area contributed by atoms with Gasteiger partial charge < -0.3 is 63.9 Å². The fraction of sp³-hybridized carbons (Fsp3) is 0.857. The number of benzene rings is 1. The van der Waals surface area contributed by atoms with Crippen molar-refractivity contribution >= 4 is 94.4 Å². The van der Waals surface area contributed by atoms with Crippen molar-refractivity contribution in [1.29, 1.82) is 0 Å². The molecule has 5 aliphatic heterocycles. The standard InChI is InChI=1S/C84H152F3IO18SSi6/c1-32-113(33-2,34-3)94-49-48-67-66(72(93-21)70(99-67)53-65(103-109(24,25)79(9,10)11)55-95-108(22,23)78(6,7)8)52-60(89)51-62-43-45-68-73(97-62)75(105-111(28,29)81(15,16)17)76(106-112(30,31)82(18,19)20)74(100-68)69(104-110(26,27)80(12,13)14)46-42-61(98-77(90)59-38-36-35-37-39-59)40-41-64-54-83(56-88)71(96-64)47-44-63(101-83)50-57(4)58(5)102-107(91,92)84(85,86)87/h35-39,42,46,57,61-76H,5,32-34,40-41,43-45,47-56H2,1-4,6-31H3/t57-,61?,62-,63-,64+,65+,66+,67+,68+,69+,70-,71+,72-,73+,74+,75+,76-,83-/m1/s1. The molecule has 1 unspecified atom stereocenters. The molecule has 29 heteroatoms. The summed E-state index contributed by atoms with van der Waals surface area (Å²) in [5, 5.41) is -0.843. The van der Waals surface area contributed by atoms with E-state index in [-0.39, 0.29) is 86.7 Å². The fourth-order valence-electron chi connectivity index (χ4n) is 14.9. The van der Waals surface area contributed by atoms with Gasteiger partial charge in [-0.1, -0.05) is 185 Å². The van der Waals surface area contributed by atoms with E-state index in [0.29, 0.717) is 81.0 Å². The minimum Gasteiger partial charge on any atom is -0.455 e. The molecule has 5 heterocycles. The summed E-state index contributed by atoms with van der Waals surface area (Å²) >= 11 is 2.30. The van der Waals surface area contributed by atoms with E-state index in [1.54, 1.807) is 38.3 Å². The Morgan fingerprint density at radius 3 is 1.72 bits per heavy atom. The Morgan fingerprint density at radius 2 is 1.19 bits per heavy atom. The van der Waals surface area contributed by atoms with Crippen LogP contribution in [0.1, 0.15) is 219 Å². The molecule has 0 aliphatic carbocycles. The van der Waals surface area contributed by atoms with Crippen molar-refractivity contribution in [2.75, 3.05) is 24.8 Å². The number of hydrogen-bond acceptors (Lipinski definition) is 18. The first-order valence-corrected chi connectivity index (χ1v) is 62.1. The van der Waals surface area contributed by atoms with E-state index in [4.69, 9.17) is 59.7 Å². The summed E-state index contributed by atoms with van der Waals surface area (Å²) in [7, 11) is -18.9. The molecule has 0 aromatic heterocycles. The van der Waals surface area contributed by atoms with Gasteiger partial charge in [-0.2, -0.15) is 21.6 Å². The number of esters is 1. The van der Waals surface area contributed by atoms with Crippen LogP contribution in [0.5, 0.6) is 0 Å². The molecule has 654 valence electrons. The zero-order valence-corrected chi connectivity index (χ0v) is 84.0. The molecular weight excluding hydrogens is 1680 g/mol. The number of Topliss-reactive ketones (excluding diaryl/α,β-unsaturated/α-hetero) is 1. The molecule has 0 N–H and O–H groups in total. The molecule has 5 saturated heterocycles. The second-order valence-corrected chi connectivity index (χ2v) is 71.9. The van der Waals surface area contributed by atoms with E-state index < -0.39 is 150 Å². The van der Waals surface area contributed by atoms with Crippen molar-refractivity contribution in [2.45, 2.75) is 420 Å². The summed E-state index contributed by atoms with van der Waals surface area (Å²) in [4.78, 5) is 29.9. The van der Waals surface area contributed by atoms with Crippen molar-refractivity contribution in [3.8, 4) is 0 Å². The first kappa shape index (κ1) is 101. The van der Waals surface area contributed by atoms with Gasteiger partial charge in [0.1, 0.15) is 47.7 Å². The number of fused-ring (bicyclic) bond motifs is 2. The molecule has 18 nitrogen and oxygen atoms in total. The smallest absolute Gasteiger partial charge is 0.455 e. The van der Waals surface area contributed by atoms with Crippen molar-refractivity contribution in [2.24, 2.45) is 11.8 Å². The van der Waals surface area contributed by atoms with Gasteiger partial charge in [0.05, 0.1) is 73.2 Å². The second kappa shape index (κ2) is 39.2. The van der Waals surface area contributed by atoms with Crippen LogP contribution in [0.2, 0.25) is 109 Å². The zero-order valence-electron chi connectivity index (χ0n) is 75.1. The van der Waals surface area contributed by atoms with Gasteiger partial charge in [-0.3, -0.25) is 4.79 Å². The third kappa shape index (κ3) is 26.0. The third-order valence-corrected chi connectivity index (χ3v) is 57.1. The van der Waals surface area contributed by atoms with Gasteiger partial charge in [0, 0.05) is 55.7 Å². The van der Waals surface area contributed by atoms with Gasteiger partial charge in [-0.05, 0) is 178 Å². The highest BCUT2D eigenvalue weighted by Gasteiger charge is 2.60. The largest absolute Gasteiger partial charge is 0.534 e. The van der Waals surface area contributed by atoms with Gasteiger partial charge in [0.2, 0.25) is 0 Å².